The summed E-state index contributed by atoms with van der Waals surface area (Å²) in [5.74, 6) is 2.74. The maximum atomic E-state index is 12.3. The van der Waals surface area contributed by atoms with Crippen LogP contribution in [0.2, 0.25) is 0 Å². The minimum atomic E-state index is 0.397. The molecule has 3 rings (SSSR count). The van der Waals surface area contributed by atoms with Gasteiger partial charge < -0.3 is 4.90 Å². The van der Waals surface area contributed by atoms with Crippen LogP contribution in [0, 0.1) is 17.8 Å². The number of piperidine rings is 1. The van der Waals surface area contributed by atoms with Gasteiger partial charge in [0.2, 0.25) is 5.91 Å². The second-order valence-corrected chi connectivity index (χ2v) is 5.80. The Labute approximate surface area is 92.0 Å². The average molecular weight is 207 g/mol. The maximum absolute atomic E-state index is 12.3. The van der Waals surface area contributed by atoms with Gasteiger partial charge in [-0.25, -0.2) is 0 Å². The molecule has 1 amide bonds. The Morgan fingerprint density at radius 3 is 2.53 bits per heavy atom. The van der Waals surface area contributed by atoms with Crippen molar-refractivity contribution in [2.24, 2.45) is 17.8 Å². The van der Waals surface area contributed by atoms with Crippen LogP contribution in [-0.2, 0) is 4.79 Å². The number of amides is 1. The van der Waals surface area contributed by atoms with E-state index in [0.29, 0.717) is 17.9 Å². The molecule has 3 atom stereocenters. The van der Waals surface area contributed by atoms with Crippen LogP contribution < -0.4 is 0 Å². The third kappa shape index (κ3) is 1.68. The topological polar surface area (TPSA) is 20.3 Å². The number of carbonyl (C=O) groups excluding carboxylic acids is 1. The van der Waals surface area contributed by atoms with Crippen molar-refractivity contribution in [3.8, 4) is 0 Å². The van der Waals surface area contributed by atoms with Crippen molar-refractivity contribution in [2.75, 3.05) is 6.54 Å². The van der Waals surface area contributed by atoms with E-state index in [2.05, 4.69) is 11.8 Å². The van der Waals surface area contributed by atoms with E-state index in [4.69, 9.17) is 0 Å². The molecule has 3 aliphatic rings. The second kappa shape index (κ2) is 3.50. The van der Waals surface area contributed by atoms with Crippen molar-refractivity contribution < 1.29 is 4.79 Å². The predicted molar refractivity (Wildman–Crippen MR) is 59.3 cm³/mol. The molecule has 2 heteroatoms. The Balaban J connectivity index is 1.62. The third-order valence-electron chi connectivity index (χ3n) is 4.68. The molecule has 0 N–H and O–H groups in total. The Hall–Kier alpha value is -0.530. The quantitative estimate of drug-likeness (QED) is 0.646. The lowest BCUT2D eigenvalue weighted by molar-refractivity contribution is -0.139. The monoisotopic (exact) mass is 207 g/mol. The van der Waals surface area contributed by atoms with Crippen molar-refractivity contribution in [3.63, 3.8) is 0 Å². The van der Waals surface area contributed by atoms with Gasteiger partial charge in [0.05, 0.1) is 0 Å². The minimum absolute atomic E-state index is 0.397. The molecule has 1 saturated heterocycles. The number of rotatable bonds is 1. The lowest BCUT2D eigenvalue weighted by atomic mass is 9.97. The normalized spacial score (nSPS) is 43.9. The Kier molecular flexibility index (Phi) is 2.26. The standard InChI is InChI=1S/C13H21NO/c1-9-4-2-3-5-14(9)13(15)12-7-10-6-11(10)8-12/h9-12H,2-8H2,1H3. The molecule has 0 aromatic carbocycles. The van der Waals surface area contributed by atoms with Gasteiger partial charge in [0, 0.05) is 18.5 Å². The molecular weight excluding hydrogens is 186 g/mol. The van der Waals surface area contributed by atoms with Crippen molar-refractivity contribution in [2.45, 2.75) is 51.5 Å². The molecular formula is C13H21NO. The summed E-state index contributed by atoms with van der Waals surface area (Å²) < 4.78 is 0. The first kappa shape index (κ1) is 9.68. The first-order valence-electron chi connectivity index (χ1n) is 6.56. The summed E-state index contributed by atoms with van der Waals surface area (Å²) in [4.78, 5) is 14.5. The highest BCUT2D eigenvalue weighted by atomic mass is 16.2. The fourth-order valence-electron chi connectivity index (χ4n) is 3.58. The smallest absolute Gasteiger partial charge is 0.225 e. The van der Waals surface area contributed by atoms with Crippen LogP contribution in [-0.4, -0.2) is 23.4 Å². The fourth-order valence-corrected chi connectivity index (χ4v) is 3.58. The molecule has 15 heavy (non-hydrogen) atoms. The molecule has 84 valence electrons. The van der Waals surface area contributed by atoms with Crippen molar-refractivity contribution >= 4 is 5.91 Å². The van der Waals surface area contributed by atoms with Gasteiger partial charge in [-0.15, -0.1) is 0 Å². The van der Waals surface area contributed by atoms with Crippen LogP contribution in [0.25, 0.3) is 0 Å². The van der Waals surface area contributed by atoms with Gasteiger partial charge in [-0.05, 0) is 57.3 Å². The zero-order valence-electron chi connectivity index (χ0n) is 9.61. The summed E-state index contributed by atoms with van der Waals surface area (Å²) in [6.45, 7) is 3.23. The summed E-state index contributed by atoms with van der Waals surface area (Å²) in [5, 5.41) is 0. The van der Waals surface area contributed by atoms with Gasteiger partial charge in [0.1, 0.15) is 0 Å². The second-order valence-electron chi connectivity index (χ2n) is 5.80. The molecule has 2 nitrogen and oxygen atoms in total. The van der Waals surface area contributed by atoms with Crippen molar-refractivity contribution in [1.82, 2.24) is 4.90 Å². The predicted octanol–water partition coefficient (Wildman–Crippen LogP) is 2.43. The molecule has 0 spiro atoms. The highest BCUT2D eigenvalue weighted by molar-refractivity contribution is 5.79. The van der Waals surface area contributed by atoms with Crippen molar-refractivity contribution in [1.29, 1.82) is 0 Å². The molecule has 2 saturated carbocycles. The van der Waals surface area contributed by atoms with E-state index in [1.165, 1.54) is 38.5 Å². The van der Waals surface area contributed by atoms with Gasteiger partial charge in [0.15, 0.2) is 0 Å². The van der Waals surface area contributed by atoms with E-state index in [1.54, 1.807) is 0 Å². The molecule has 0 radical (unpaired) electrons. The van der Waals surface area contributed by atoms with E-state index in [-0.39, 0.29) is 0 Å². The molecule has 0 bridgehead atoms. The molecule has 1 aliphatic heterocycles. The van der Waals surface area contributed by atoms with Gasteiger partial charge in [-0.2, -0.15) is 0 Å². The van der Waals surface area contributed by atoms with E-state index < -0.39 is 0 Å². The first-order chi connectivity index (χ1) is 7.25. The van der Waals surface area contributed by atoms with Crippen LogP contribution in [0.15, 0.2) is 0 Å². The van der Waals surface area contributed by atoms with Gasteiger partial charge in [-0.1, -0.05) is 0 Å². The van der Waals surface area contributed by atoms with E-state index in [9.17, 15) is 4.79 Å². The van der Waals surface area contributed by atoms with Crippen LogP contribution >= 0.6 is 0 Å². The summed E-state index contributed by atoms with van der Waals surface area (Å²) in [7, 11) is 0. The average Bonchev–Trinajstić information content (AvgIpc) is 2.86. The van der Waals surface area contributed by atoms with E-state index in [1.807, 2.05) is 0 Å². The Bertz CT molecular complexity index is 266. The number of hydrogen-bond acceptors (Lipinski definition) is 1. The minimum Gasteiger partial charge on any atom is -0.340 e. The van der Waals surface area contributed by atoms with Gasteiger partial charge in [0.25, 0.3) is 0 Å². The largest absolute Gasteiger partial charge is 0.340 e. The number of fused-ring (bicyclic) bond motifs is 1. The van der Waals surface area contributed by atoms with Crippen LogP contribution in [0.4, 0.5) is 0 Å². The first-order valence-corrected chi connectivity index (χ1v) is 6.56. The summed E-state index contributed by atoms with van der Waals surface area (Å²) >= 11 is 0. The number of carbonyl (C=O) groups is 1. The zero-order chi connectivity index (χ0) is 10.4. The lowest BCUT2D eigenvalue weighted by Gasteiger charge is -2.35. The molecule has 0 aromatic rings. The fraction of sp³-hybridized carbons (Fsp3) is 0.923. The number of hydrogen-bond donors (Lipinski definition) is 0. The molecule has 2 aliphatic carbocycles. The van der Waals surface area contributed by atoms with Crippen LogP contribution in [0.5, 0.6) is 0 Å². The number of nitrogens with zero attached hydrogens (tertiary/aromatic N) is 1. The van der Waals surface area contributed by atoms with Crippen LogP contribution in [0.1, 0.15) is 45.4 Å². The lowest BCUT2D eigenvalue weighted by Crippen LogP contribution is -2.44. The SMILES string of the molecule is CC1CCCCN1C(=O)C1CC2CC2C1. The van der Waals surface area contributed by atoms with Crippen LogP contribution in [0.3, 0.4) is 0 Å². The maximum Gasteiger partial charge on any atom is 0.225 e. The highest BCUT2D eigenvalue weighted by Crippen LogP contribution is 2.54. The summed E-state index contributed by atoms with van der Waals surface area (Å²) in [6.07, 6.45) is 7.56. The molecule has 3 unspecified atom stereocenters. The zero-order valence-corrected chi connectivity index (χ0v) is 9.61. The molecule has 1 heterocycles. The Morgan fingerprint density at radius 1 is 1.13 bits per heavy atom. The molecule has 0 aromatic heterocycles. The van der Waals surface area contributed by atoms with Crippen molar-refractivity contribution in [3.05, 3.63) is 0 Å². The Morgan fingerprint density at radius 2 is 1.87 bits per heavy atom. The highest BCUT2D eigenvalue weighted by Gasteiger charge is 2.49. The van der Waals surface area contributed by atoms with E-state index in [0.717, 1.165) is 18.4 Å². The van der Waals surface area contributed by atoms with E-state index >= 15 is 0 Å². The van der Waals surface area contributed by atoms with Gasteiger partial charge >= 0.3 is 0 Å². The van der Waals surface area contributed by atoms with Gasteiger partial charge in [-0.3, -0.25) is 4.79 Å². The molecule has 3 fully saturated rings. The summed E-state index contributed by atoms with van der Waals surface area (Å²) in [6, 6.07) is 0.503. The number of likely N-dealkylation sites (tertiary alicyclic amines) is 1. The third-order valence-corrected chi connectivity index (χ3v) is 4.68. The summed E-state index contributed by atoms with van der Waals surface area (Å²) in [5.41, 5.74) is 0.